The van der Waals surface area contributed by atoms with E-state index in [0.29, 0.717) is 0 Å². The number of halogens is 4. The molecule has 0 aliphatic heterocycles. The van der Waals surface area contributed by atoms with Crippen molar-refractivity contribution in [3.05, 3.63) is 59.9 Å². The van der Waals surface area contributed by atoms with E-state index in [1.54, 1.807) is 0 Å². The highest BCUT2D eigenvalue weighted by atomic mass is 32.2. The first-order valence-electron chi connectivity index (χ1n) is 6.74. The van der Waals surface area contributed by atoms with Crippen LogP contribution in [0.3, 0.4) is 0 Å². The molecular weight excluding hydrogens is 350 g/mol. The Morgan fingerprint density at radius 2 is 1.75 bits per heavy atom. The van der Waals surface area contributed by atoms with Gasteiger partial charge >= 0.3 is 6.18 Å². The summed E-state index contributed by atoms with van der Waals surface area (Å²) in [4.78, 5) is -0.249. The van der Waals surface area contributed by atoms with Crippen molar-refractivity contribution < 1.29 is 30.7 Å². The number of rotatable bonds is 6. The van der Waals surface area contributed by atoms with E-state index in [4.69, 9.17) is 4.74 Å². The lowest BCUT2D eigenvalue weighted by atomic mass is 10.2. The van der Waals surface area contributed by atoms with Gasteiger partial charge in [-0.15, -0.1) is 0 Å². The summed E-state index contributed by atoms with van der Waals surface area (Å²) in [6.07, 6.45) is -4.49. The van der Waals surface area contributed by atoms with Gasteiger partial charge in [0.1, 0.15) is 18.2 Å². The molecule has 0 spiro atoms. The smallest absolute Gasteiger partial charge is 0.416 e. The second-order valence-corrected chi connectivity index (χ2v) is 6.50. The van der Waals surface area contributed by atoms with Crippen LogP contribution in [0.4, 0.5) is 17.6 Å². The normalized spacial score (nSPS) is 12.2. The van der Waals surface area contributed by atoms with Gasteiger partial charge in [0.05, 0.1) is 10.5 Å². The summed E-state index contributed by atoms with van der Waals surface area (Å²) in [6.45, 7) is -0.370. The molecule has 2 aromatic carbocycles. The summed E-state index contributed by atoms with van der Waals surface area (Å²) in [7, 11) is -3.92. The highest BCUT2D eigenvalue weighted by Crippen LogP contribution is 2.31. The minimum Gasteiger partial charge on any atom is -0.492 e. The van der Waals surface area contributed by atoms with Crippen LogP contribution < -0.4 is 9.46 Å². The molecule has 0 amide bonds. The van der Waals surface area contributed by atoms with E-state index in [1.165, 1.54) is 24.3 Å². The van der Waals surface area contributed by atoms with Crippen molar-refractivity contribution in [2.45, 2.75) is 11.1 Å². The molecule has 0 aliphatic carbocycles. The monoisotopic (exact) mass is 363 g/mol. The molecule has 9 heteroatoms. The van der Waals surface area contributed by atoms with Crippen LogP contribution in [0, 0.1) is 5.82 Å². The van der Waals surface area contributed by atoms with Crippen LogP contribution in [0.1, 0.15) is 5.56 Å². The van der Waals surface area contributed by atoms with E-state index >= 15 is 0 Å². The Hall–Kier alpha value is -2.13. The van der Waals surface area contributed by atoms with Gasteiger partial charge in [0, 0.05) is 6.54 Å². The van der Waals surface area contributed by atoms with Crippen LogP contribution in [-0.2, 0) is 16.2 Å². The molecule has 0 saturated carbocycles. The summed E-state index contributed by atoms with van der Waals surface area (Å²) < 4.78 is 81.8. The maximum atomic E-state index is 13.0. The lowest BCUT2D eigenvalue weighted by Gasteiger charge is -2.11. The molecule has 0 radical (unpaired) electrons. The van der Waals surface area contributed by atoms with Crippen molar-refractivity contribution in [2.24, 2.45) is 0 Å². The van der Waals surface area contributed by atoms with Gasteiger partial charge in [-0.3, -0.25) is 0 Å². The Kier molecular flexibility index (Phi) is 5.45. The largest absolute Gasteiger partial charge is 0.492 e. The molecule has 2 aromatic rings. The molecule has 0 heterocycles. The summed E-state index contributed by atoms with van der Waals surface area (Å²) in [5.74, 6) is -0.729. The standard InChI is InChI=1S/C15H13F4NO3S/c16-12-4-2-6-14(10-12)24(21,22)20-7-8-23-13-5-1-3-11(9-13)15(17,18)19/h1-6,9-10,20H,7-8H2. The molecule has 0 unspecified atom stereocenters. The van der Waals surface area contributed by atoms with Crippen LogP contribution >= 0.6 is 0 Å². The maximum Gasteiger partial charge on any atom is 0.416 e. The van der Waals surface area contributed by atoms with Gasteiger partial charge in [-0.05, 0) is 36.4 Å². The van der Waals surface area contributed by atoms with E-state index < -0.39 is 27.6 Å². The molecule has 0 bridgehead atoms. The minimum absolute atomic E-state index is 0.0326. The lowest BCUT2D eigenvalue weighted by Crippen LogP contribution is -2.28. The zero-order valence-electron chi connectivity index (χ0n) is 12.2. The van der Waals surface area contributed by atoms with Crippen LogP contribution in [0.2, 0.25) is 0 Å². The molecule has 0 aliphatic rings. The SMILES string of the molecule is O=S(=O)(NCCOc1cccc(C(F)(F)F)c1)c1cccc(F)c1. The van der Waals surface area contributed by atoms with Gasteiger partial charge in [-0.25, -0.2) is 17.5 Å². The van der Waals surface area contributed by atoms with E-state index in [-0.39, 0.29) is 23.8 Å². The number of nitrogens with one attached hydrogen (secondary N) is 1. The van der Waals surface area contributed by atoms with Gasteiger partial charge in [-0.1, -0.05) is 12.1 Å². The molecule has 1 N–H and O–H groups in total. The number of sulfonamides is 1. The van der Waals surface area contributed by atoms with Crippen LogP contribution in [0.25, 0.3) is 0 Å². The first-order valence-corrected chi connectivity index (χ1v) is 8.22. The average molecular weight is 363 g/mol. The molecule has 0 aromatic heterocycles. The Morgan fingerprint density at radius 3 is 2.42 bits per heavy atom. The molecule has 0 fully saturated rings. The second-order valence-electron chi connectivity index (χ2n) is 4.73. The third-order valence-corrected chi connectivity index (χ3v) is 4.39. The van der Waals surface area contributed by atoms with E-state index in [9.17, 15) is 26.0 Å². The number of hydrogen-bond acceptors (Lipinski definition) is 3. The van der Waals surface area contributed by atoms with Crippen LogP contribution in [-0.4, -0.2) is 21.6 Å². The summed E-state index contributed by atoms with van der Waals surface area (Å²) in [5.41, 5.74) is -0.861. The highest BCUT2D eigenvalue weighted by Gasteiger charge is 2.30. The van der Waals surface area contributed by atoms with Crippen molar-refractivity contribution in [2.75, 3.05) is 13.2 Å². The summed E-state index contributed by atoms with van der Waals surface area (Å²) in [5, 5.41) is 0. The number of alkyl halides is 3. The fourth-order valence-corrected chi connectivity index (χ4v) is 2.87. The van der Waals surface area contributed by atoms with Gasteiger partial charge in [0.25, 0.3) is 0 Å². The Bertz CT molecular complexity index is 806. The first-order chi connectivity index (χ1) is 11.2. The minimum atomic E-state index is -4.49. The molecule has 2 rings (SSSR count). The third kappa shape index (κ3) is 4.93. The Labute approximate surface area is 136 Å². The van der Waals surface area contributed by atoms with Gasteiger partial charge < -0.3 is 4.74 Å². The fraction of sp³-hybridized carbons (Fsp3) is 0.200. The van der Waals surface area contributed by atoms with E-state index in [2.05, 4.69) is 4.72 Å². The van der Waals surface area contributed by atoms with E-state index in [0.717, 1.165) is 24.3 Å². The molecular formula is C15H13F4NO3S. The van der Waals surface area contributed by atoms with Crippen molar-refractivity contribution in [1.29, 1.82) is 0 Å². The summed E-state index contributed by atoms with van der Waals surface area (Å²) in [6, 6.07) is 8.68. The van der Waals surface area contributed by atoms with Crippen molar-refractivity contribution in [3.63, 3.8) is 0 Å². The Morgan fingerprint density at radius 1 is 1.04 bits per heavy atom. The highest BCUT2D eigenvalue weighted by molar-refractivity contribution is 7.89. The summed E-state index contributed by atoms with van der Waals surface area (Å²) >= 11 is 0. The van der Waals surface area contributed by atoms with Crippen LogP contribution in [0.5, 0.6) is 5.75 Å². The molecule has 0 saturated heterocycles. The van der Waals surface area contributed by atoms with Crippen molar-refractivity contribution >= 4 is 10.0 Å². The van der Waals surface area contributed by atoms with Gasteiger partial charge in [0.15, 0.2) is 0 Å². The molecule has 0 atom stereocenters. The number of ether oxygens (including phenoxy) is 1. The van der Waals surface area contributed by atoms with E-state index in [1.807, 2.05) is 0 Å². The quantitative estimate of drug-likeness (QED) is 0.633. The maximum absolute atomic E-state index is 13.0. The predicted molar refractivity (Wildman–Crippen MR) is 78.5 cm³/mol. The van der Waals surface area contributed by atoms with Gasteiger partial charge in [0.2, 0.25) is 10.0 Å². The third-order valence-electron chi connectivity index (χ3n) is 2.93. The lowest BCUT2D eigenvalue weighted by molar-refractivity contribution is -0.137. The zero-order valence-corrected chi connectivity index (χ0v) is 13.0. The van der Waals surface area contributed by atoms with Crippen LogP contribution in [0.15, 0.2) is 53.4 Å². The first kappa shape index (κ1) is 18.2. The van der Waals surface area contributed by atoms with Crippen molar-refractivity contribution in [3.8, 4) is 5.75 Å². The van der Waals surface area contributed by atoms with Gasteiger partial charge in [-0.2, -0.15) is 13.2 Å². The molecule has 4 nitrogen and oxygen atoms in total. The van der Waals surface area contributed by atoms with Crippen molar-refractivity contribution in [1.82, 2.24) is 4.72 Å². The topological polar surface area (TPSA) is 55.4 Å². The predicted octanol–water partition coefficient (Wildman–Crippen LogP) is 3.20. The average Bonchev–Trinajstić information content (AvgIpc) is 2.51. The Balaban J connectivity index is 1.91. The second kappa shape index (κ2) is 7.18. The fourth-order valence-electron chi connectivity index (χ4n) is 1.82. The molecule has 130 valence electrons. The number of benzene rings is 2. The zero-order chi connectivity index (χ0) is 17.8. The molecule has 24 heavy (non-hydrogen) atoms. The number of hydrogen-bond donors (Lipinski definition) is 1.